The summed E-state index contributed by atoms with van der Waals surface area (Å²) in [5.41, 5.74) is 0. The third-order valence-corrected chi connectivity index (χ3v) is 3.58. The molecule has 1 aliphatic heterocycles. The second-order valence-electron chi connectivity index (χ2n) is 3.81. The van der Waals surface area contributed by atoms with Crippen LogP contribution in [0.4, 0.5) is 5.82 Å². The van der Waals surface area contributed by atoms with Crippen LogP contribution in [0.3, 0.4) is 0 Å². The van der Waals surface area contributed by atoms with Crippen molar-refractivity contribution in [1.29, 1.82) is 0 Å². The predicted molar refractivity (Wildman–Crippen MR) is 67.4 cm³/mol. The molecule has 88 valence electrons. The first-order chi connectivity index (χ1) is 7.79. The molecule has 1 fully saturated rings. The van der Waals surface area contributed by atoms with Crippen LogP contribution in [0.2, 0.25) is 0 Å². The van der Waals surface area contributed by atoms with Crippen LogP contribution in [-0.2, 0) is 0 Å². The number of halogens is 1. The Morgan fingerprint density at radius 3 is 2.88 bits per heavy atom. The quantitative estimate of drug-likeness (QED) is 0.799. The van der Waals surface area contributed by atoms with E-state index in [1.165, 1.54) is 0 Å². The molecule has 0 saturated carbocycles. The zero-order chi connectivity index (χ0) is 11.4. The minimum Gasteiger partial charge on any atom is -0.478 e. The first-order valence-electron chi connectivity index (χ1n) is 5.63. The first-order valence-corrected chi connectivity index (χ1v) is 6.55. The predicted octanol–water partition coefficient (Wildman–Crippen LogP) is 2.24. The van der Waals surface area contributed by atoms with Gasteiger partial charge < -0.3 is 9.64 Å². The van der Waals surface area contributed by atoms with Gasteiger partial charge in [0, 0.05) is 24.0 Å². The molecule has 1 aromatic heterocycles. The fourth-order valence-electron chi connectivity index (χ4n) is 1.81. The van der Waals surface area contributed by atoms with Crippen LogP contribution in [0.5, 0.6) is 5.88 Å². The lowest BCUT2D eigenvalue weighted by molar-refractivity contribution is 0.326. The Balaban J connectivity index is 2.05. The van der Waals surface area contributed by atoms with Gasteiger partial charge in [-0.2, -0.15) is 0 Å². The molecular formula is C11H16BrN3O. The molecule has 0 aliphatic carbocycles. The summed E-state index contributed by atoms with van der Waals surface area (Å²) in [7, 11) is 0. The van der Waals surface area contributed by atoms with Crippen molar-refractivity contribution in [2.75, 3.05) is 24.6 Å². The fraction of sp³-hybridized carbons (Fsp3) is 0.636. The standard InChI is InChI=1S/C11H16BrN3O/c1-2-16-11-7-10(13-8-14-11)15-5-3-9(12)4-6-15/h7-9H,2-6H2,1H3. The highest BCUT2D eigenvalue weighted by Gasteiger charge is 2.18. The zero-order valence-corrected chi connectivity index (χ0v) is 11.0. The van der Waals surface area contributed by atoms with E-state index in [1.807, 2.05) is 13.0 Å². The minimum atomic E-state index is 0.639. The van der Waals surface area contributed by atoms with Crippen LogP contribution in [-0.4, -0.2) is 34.5 Å². The molecule has 2 rings (SSSR count). The zero-order valence-electron chi connectivity index (χ0n) is 9.40. The number of alkyl halides is 1. The molecule has 1 aliphatic rings. The lowest BCUT2D eigenvalue weighted by Gasteiger charge is -2.30. The number of hydrogen-bond donors (Lipinski definition) is 0. The molecule has 1 aromatic rings. The number of rotatable bonds is 3. The highest BCUT2D eigenvalue weighted by atomic mass is 79.9. The number of nitrogens with zero attached hydrogens (tertiary/aromatic N) is 3. The Bertz CT molecular complexity index is 340. The Morgan fingerprint density at radius 1 is 1.44 bits per heavy atom. The van der Waals surface area contributed by atoms with Gasteiger partial charge >= 0.3 is 0 Å². The molecule has 0 spiro atoms. The molecule has 0 aromatic carbocycles. The number of aromatic nitrogens is 2. The number of anilines is 1. The van der Waals surface area contributed by atoms with Crippen molar-refractivity contribution in [1.82, 2.24) is 9.97 Å². The van der Waals surface area contributed by atoms with Gasteiger partial charge in [0.15, 0.2) is 0 Å². The monoisotopic (exact) mass is 285 g/mol. The topological polar surface area (TPSA) is 38.2 Å². The molecule has 16 heavy (non-hydrogen) atoms. The first kappa shape index (κ1) is 11.6. The van der Waals surface area contributed by atoms with Gasteiger partial charge in [-0.3, -0.25) is 0 Å². The molecule has 0 unspecified atom stereocenters. The summed E-state index contributed by atoms with van der Waals surface area (Å²) in [5, 5.41) is 0. The maximum atomic E-state index is 5.37. The highest BCUT2D eigenvalue weighted by Crippen LogP contribution is 2.23. The maximum absolute atomic E-state index is 5.37. The third kappa shape index (κ3) is 2.84. The summed E-state index contributed by atoms with van der Waals surface area (Å²) in [6, 6.07) is 1.91. The molecule has 5 heteroatoms. The Morgan fingerprint density at radius 2 is 2.19 bits per heavy atom. The molecule has 1 saturated heterocycles. The summed E-state index contributed by atoms with van der Waals surface area (Å²) in [4.78, 5) is 11.3. The third-order valence-electron chi connectivity index (χ3n) is 2.67. The van der Waals surface area contributed by atoms with Crippen LogP contribution in [0, 0.1) is 0 Å². The van der Waals surface area contributed by atoms with Gasteiger partial charge in [-0.15, -0.1) is 0 Å². The molecule has 0 atom stereocenters. The molecule has 0 bridgehead atoms. The van der Waals surface area contributed by atoms with Gasteiger partial charge in [0.25, 0.3) is 0 Å². The lowest BCUT2D eigenvalue weighted by Crippen LogP contribution is -2.34. The van der Waals surface area contributed by atoms with Gasteiger partial charge in [0.2, 0.25) is 5.88 Å². The van der Waals surface area contributed by atoms with Gasteiger partial charge in [0.05, 0.1) is 6.61 Å². The van der Waals surface area contributed by atoms with Crippen molar-refractivity contribution in [2.45, 2.75) is 24.6 Å². The summed E-state index contributed by atoms with van der Waals surface area (Å²) in [6.45, 7) is 4.68. The van der Waals surface area contributed by atoms with Crippen LogP contribution in [0.1, 0.15) is 19.8 Å². The summed E-state index contributed by atoms with van der Waals surface area (Å²) in [6.07, 6.45) is 3.89. The van der Waals surface area contributed by atoms with Crippen molar-refractivity contribution in [3.8, 4) is 5.88 Å². The highest BCUT2D eigenvalue weighted by molar-refractivity contribution is 9.09. The summed E-state index contributed by atoms with van der Waals surface area (Å²) in [5.74, 6) is 1.63. The lowest BCUT2D eigenvalue weighted by atomic mass is 10.1. The Kier molecular flexibility index (Phi) is 3.98. The number of hydrogen-bond acceptors (Lipinski definition) is 4. The van der Waals surface area contributed by atoms with Crippen LogP contribution >= 0.6 is 15.9 Å². The molecule has 0 N–H and O–H groups in total. The van der Waals surface area contributed by atoms with E-state index >= 15 is 0 Å². The van der Waals surface area contributed by atoms with Gasteiger partial charge in [-0.25, -0.2) is 9.97 Å². The average molecular weight is 286 g/mol. The fourth-order valence-corrected chi connectivity index (χ4v) is 2.22. The van der Waals surface area contributed by atoms with Gasteiger partial charge in [-0.05, 0) is 19.8 Å². The van der Waals surface area contributed by atoms with E-state index in [4.69, 9.17) is 4.74 Å². The van der Waals surface area contributed by atoms with Crippen molar-refractivity contribution in [3.63, 3.8) is 0 Å². The van der Waals surface area contributed by atoms with E-state index in [9.17, 15) is 0 Å². The van der Waals surface area contributed by atoms with E-state index in [0.29, 0.717) is 17.3 Å². The largest absolute Gasteiger partial charge is 0.478 e. The Labute approximate surface area is 104 Å². The van der Waals surface area contributed by atoms with Crippen molar-refractivity contribution in [3.05, 3.63) is 12.4 Å². The summed E-state index contributed by atoms with van der Waals surface area (Å²) >= 11 is 3.64. The molecule has 0 radical (unpaired) electrons. The van der Waals surface area contributed by atoms with E-state index in [0.717, 1.165) is 31.7 Å². The van der Waals surface area contributed by atoms with E-state index in [1.54, 1.807) is 6.33 Å². The van der Waals surface area contributed by atoms with Crippen molar-refractivity contribution < 1.29 is 4.74 Å². The van der Waals surface area contributed by atoms with Crippen molar-refractivity contribution >= 4 is 21.7 Å². The van der Waals surface area contributed by atoms with Crippen LogP contribution in [0.25, 0.3) is 0 Å². The number of ether oxygens (including phenoxy) is 1. The molecule has 0 amide bonds. The van der Waals surface area contributed by atoms with Crippen molar-refractivity contribution in [2.24, 2.45) is 0 Å². The molecule has 4 nitrogen and oxygen atoms in total. The van der Waals surface area contributed by atoms with Crippen LogP contribution < -0.4 is 9.64 Å². The molecule has 2 heterocycles. The SMILES string of the molecule is CCOc1cc(N2CCC(Br)CC2)ncn1. The van der Waals surface area contributed by atoms with Crippen LogP contribution in [0.15, 0.2) is 12.4 Å². The second kappa shape index (κ2) is 5.48. The van der Waals surface area contributed by atoms with E-state index in [2.05, 4.69) is 30.8 Å². The Hall–Kier alpha value is -0.840. The average Bonchev–Trinajstić information content (AvgIpc) is 2.31. The second-order valence-corrected chi connectivity index (χ2v) is 5.10. The normalized spacial score (nSPS) is 17.5. The minimum absolute atomic E-state index is 0.639. The maximum Gasteiger partial charge on any atom is 0.218 e. The van der Waals surface area contributed by atoms with Gasteiger partial charge in [-0.1, -0.05) is 15.9 Å². The summed E-state index contributed by atoms with van der Waals surface area (Å²) < 4.78 is 5.37. The van der Waals surface area contributed by atoms with E-state index < -0.39 is 0 Å². The van der Waals surface area contributed by atoms with E-state index in [-0.39, 0.29) is 0 Å². The number of piperidine rings is 1. The molecular weight excluding hydrogens is 270 g/mol. The van der Waals surface area contributed by atoms with Gasteiger partial charge in [0.1, 0.15) is 12.1 Å². The smallest absolute Gasteiger partial charge is 0.218 e.